The fourth-order valence-corrected chi connectivity index (χ4v) is 3.04. The first kappa shape index (κ1) is 17.1. The molecule has 1 atom stereocenters. The third-order valence-corrected chi connectivity index (χ3v) is 4.43. The van der Waals surface area contributed by atoms with Gasteiger partial charge >= 0.3 is 5.97 Å². The maximum absolute atomic E-state index is 14.4. The van der Waals surface area contributed by atoms with Gasteiger partial charge in [-0.25, -0.2) is 8.78 Å². The molecular formula is C19H17F2NO3. The van der Waals surface area contributed by atoms with Gasteiger partial charge in [-0.1, -0.05) is 18.2 Å². The predicted octanol–water partition coefficient (Wildman–Crippen LogP) is 3.57. The molecule has 25 heavy (non-hydrogen) atoms. The first-order valence-corrected chi connectivity index (χ1v) is 8.03. The SMILES string of the molecule is O=C(O)[C@H]1CCCN(C(=O)c2ccc(-c3ccc(F)cc3)cc2F)C1. The molecule has 1 aliphatic heterocycles. The van der Waals surface area contributed by atoms with Crippen LogP contribution in [0.25, 0.3) is 11.1 Å². The maximum atomic E-state index is 14.4. The Kier molecular flexibility index (Phi) is 4.79. The third-order valence-electron chi connectivity index (χ3n) is 4.43. The minimum atomic E-state index is -0.940. The Balaban J connectivity index is 1.81. The van der Waals surface area contributed by atoms with Crippen LogP contribution >= 0.6 is 0 Å². The first-order chi connectivity index (χ1) is 12.0. The number of rotatable bonds is 3. The number of nitrogens with zero attached hydrogens (tertiary/aromatic N) is 1. The molecule has 0 radical (unpaired) electrons. The number of aliphatic carboxylic acids is 1. The van der Waals surface area contributed by atoms with Crippen molar-refractivity contribution in [2.45, 2.75) is 12.8 Å². The van der Waals surface area contributed by atoms with Crippen LogP contribution in [0.3, 0.4) is 0 Å². The van der Waals surface area contributed by atoms with E-state index >= 15 is 0 Å². The second-order valence-electron chi connectivity index (χ2n) is 6.13. The van der Waals surface area contributed by atoms with Crippen LogP contribution < -0.4 is 0 Å². The number of benzene rings is 2. The Morgan fingerprint density at radius 2 is 1.72 bits per heavy atom. The molecule has 1 amide bonds. The van der Waals surface area contributed by atoms with Crippen molar-refractivity contribution in [3.05, 3.63) is 59.7 Å². The van der Waals surface area contributed by atoms with E-state index in [0.717, 1.165) is 0 Å². The van der Waals surface area contributed by atoms with Crippen molar-refractivity contribution < 1.29 is 23.5 Å². The van der Waals surface area contributed by atoms with Crippen molar-refractivity contribution in [1.29, 1.82) is 0 Å². The number of hydrogen-bond donors (Lipinski definition) is 1. The van der Waals surface area contributed by atoms with Crippen LogP contribution in [-0.4, -0.2) is 35.0 Å². The molecule has 0 bridgehead atoms. The normalized spacial score (nSPS) is 17.4. The number of carbonyl (C=O) groups excluding carboxylic acids is 1. The third kappa shape index (κ3) is 3.68. The summed E-state index contributed by atoms with van der Waals surface area (Å²) in [5, 5.41) is 9.11. The van der Waals surface area contributed by atoms with E-state index < -0.39 is 23.6 Å². The highest BCUT2D eigenvalue weighted by molar-refractivity contribution is 5.95. The average molecular weight is 345 g/mol. The lowest BCUT2D eigenvalue weighted by molar-refractivity contribution is -0.143. The van der Waals surface area contributed by atoms with Crippen molar-refractivity contribution in [2.75, 3.05) is 13.1 Å². The van der Waals surface area contributed by atoms with Gasteiger partial charge in [0.1, 0.15) is 11.6 Å². The molecule has 1 aliphatic rings. The molecule has 0 unspecified atom stereocenters. The van der Waals surface area contributed by atoms with E-state index in [9.17, 15) is 18.4 Å². The monoisotopic (exact) mass is 345 g/mol. The van der Waals surface area contributed by atoms with E-state index in [-0.39, 0.29) is 17.9 Å². The van der Waals surface area contributed by atoms with Gasteiger partial charge in [0.2, 0.25) is 0 Å². The van der Waals surface area contributed by atoms with E-state index in [1.807, 2.05) is 0 Å². The fourth-order valence-electron chi connectivity index (χ4n) is 3.04. The smallest absolute Gasteiger partial charge is 0.308 e. The largest absolute Gasteiger partial charge is 0.481 e. The molecule has 2 aromatic rings. The van der Waals surface area contributed by atoms with Crippen molar-refractivity contribution in [1.82, 2.24) is 4.90 Å². The fraction of sp³-hybridized carbons (Fsp3) is 0.263. The minimum Gasteiger partial charge on any atom is -0.481 e. The summed E-state index contributed by atoms with van der Waals surface area (Å²) in [5.41, 5.74) is 1.09. The highest BCUT2D eigenvalue weighted by atomic mass is 19.1. The van der Waals surface area contributed by atoms with Crippen LogP contribution in [-0.2, 0) is 4.79 Å². The van der Waals surface area contributed by atoms with E-state index in [2.05, 4.69) is 0 Å². The lowest BCUT2D eigenvalue weighted by atomic mass is 9.97. The van der Waals surface area contributed by atoms with E-state index in [1.54, 1.807) is 6.07 Å². The molecule has 0 aliphatic carbocycles. The topological polar surface area (TPSA) is 57.6 Å². The molecule has 130 valence electrons. The van der Waals surface area contributed by atoms with Crippen LogP contribution in [0.15, 0.2) is 42.5 Å². The molecule has 6 heteroatoms. The standard InChI is InChI=1S/C19H17F2NO3/c20-15-6-3-12(4-7-15)13-5-8-16(17(21)10-13)18(23)22-9-1-2-14(11-22)19(24)25/h3-8,10,14H,1-2,9,11H2,(H,24,25)/t14-/m0/s1. The summed E-state index contributed by atoms with van der Waals surface area (Å²) in [6, 6.07) is 9.86. The number of carboxylic acid groups (broad SMARTS) is 1. The number of hydrogen-bond acceptors (Lipinski definition) is 2. The van der Waals surface area contributed by atoms with Gasteiger partial charge in [0.05, 0.1) is 11.5 Å². The van der Waals surface area contributed by atoms with Crippen LogP contribution in [0.4, 0.5) is 8.78 Å². The van der Waals surface area contributed by atoms with Gasteiger partial charge in [0, 0.05) is 13.1 Å². The van der Waals surface area contributed by atoms with Gasteiger partial charge in [0.15, 0.2) is 0 Å². The Labute approximate surface area is 143 Å². The Bertz CT molecular complexity index is 805. The molecular weight excluding hydrogens is 328 g/mol. The molecule has 1 fully saturated rings. The average Bonchev–Trinajstić information content (AvgIpc) is 2.62. The molecule has 1 saturated heterocycles. The molecule has 2 aromatic carbocycles. The van der Waals surface area contributed by atoms with Gasteiger partial charge in [0.25, 0.3) is 5.91 Å². The van der Waals surface area contributed by atoms with Crippen molar-refractivity contribution in [2.24, 2.45) is 5.92 Å². The second kappa shape index (κ2) is 7.01. The molecule has 0 saturated carbocycles. The van der Waals surface area contributed by atoms with E-state index in [4.69, 9.17) is 5.11 Å². The van der Waals surface area contributed by atoms with Gasteiger partial charge in [-0.05, 0) is 48.2 Å². The number of piperidine rings is 1. The maximum Gasteiger partial charge on any atom is 0.308 e. The summed E-state index contributed by atoms with van der Waals surface area (Å²) in [7, 11) is 0. The summed E-state index contributed by atoms with van der Waals surface area (Å²) in [5.74, 6) is -3.11. The quantitative estimate of drug-likeness (QED) is 0.925. The van der Waals surface area contributed by atoms with Crippen LogP contribution in [0, 0.1) is 17.6 Å². The highest BCUT2D eigenvalue weighted by Crippen LogP contribution is 2.24. The summed E-state index contributed by atoms with van der Waals surface area (Å²) in [6.07, 6.45) is 1.10. The van der Waals surface area contributed by atoms with Gasteiger partial charge < -0.3 is 10.0 Å². The summed E-state index contributed by atoms with van der Waals surface area (Å²) >= 11 is 0. The van der Waals surface area contributed by atoms with Gasteiger partial charge in [-0.3, -0.25) is 9.59 Å². The number of carboxylic acids is 1. The van der Waals surface area contributed by atoms with Crippen LogP contribution in [0.1, 0.15) is 23.2 Å². The molecule has 3 rings (SSSR count). The summed E-state index contributed by atoms with van der Waals surface area (Å²) < 4.78 is 27.4. The van der Waals surface area contributed by atoms with E-state index in [1.165, 1.54) is 41.3 Å². The van der Waals surface area contributed by atoms with Gasteiger partial charge in [-0.15, -0.1) is 0 Å². The zero-order valence-corrected chi connectivity index (χ0v) is 13.4. The van der Waals surface area contributed by atoms with Crippen molar-refractivity contribution >= 4 is 11.9 Å². The molecule has 0 spiro atoms. The lowest BCUT2D eigenvalue weighted by Gasteiger charge is -2.30. The molecule has 4 nitrogen and oxygen atoms in total. The minimum absolute atomic E-state index is 0.0862. The van der Waals surface area contributed by atoms with Gasteiger partial charge in [-0.2, -0.15) is 0 Å². The second-order valence-corrected chi connectivity index (χ2v) is 6.13. The number of likely N-dealkylation sites (tertiary alicyclic amines) is 1. The predicted molar refractivity (Wildman–Crippen MR) is 88.1 cm³/mol. The van der Waals surface area contributed by atoms with Crippen molar-refractivity contribution in [3.63, 3.8) is 0 Å². The number of carbonyl (C=O) groups is 2. The molecule has 1 N–H and O–H groups in total. The van der Waals surface area contributed by atoms with Crippen molar-refractivity contribution in [3.8, 4) is 11.1 Å². The molecule has 1 heterocycles. The number of amides is 1. The molecule has 0 aromatic heterocycles. The Hall–Kier alpha value is -2.76. The Morgan fingerprint density at radius 3 is 2.36 bits per heavy atom. The van der Waals surface area contributed by atoms with E-state index in [0.29, 0.717) is 30.5 Å². The van der Waals surface area contributed by atoms with Crippen LogP contribution in [0.5, 0.6) is 0 Å². The highest BCUT2D eigenvalue weighted by Gasteiger charge is 2.29. The van der Waals surface area contributed by atoms with Crippen LogP contribution in [0.2, 0.25) is 0 Å². The summed E-state index contributed by atoms with van der Waals surface area (Å²) in [4.78, 5) is 25.0. The zero-order chi connectivity index (χ0) is 18.0. The zero-order valence-electron chi connectivity index (χ0n) is 13.4. The lowest BCUT2D eigenvalue weighted by Crippen LogP contribution is -2.42. The Morgan fingerprint density at radius 1 is 1.04 bits per heavy atom. The first-order valence-electron chi connectivity index (χ1n) is 8.03. The summed E-state index contributed by atoms with van der Waals surface area (Å²) in [6.45, 7) is 0.509. The number of halogens is 2.